The molecule has 0 aromatic heterocycles. The molecule has 1 aromatic rings. The zero-order chi connectivity index (χ0) is 12.3. The summed E-state index contributed by atoms with van der Waals surface area (Å²) in [5.74, 6) is 0.0397. The van der Waals surface area contributed by atoms with Gasteiger partial charge in [0.05, 0.1) is 6.42 Å². The molecule has 0 unspecified atom stereocenters. The SMILES string of the molecule is Cc1cc(Cl)ccc1CC(=O)NC(C)(C)C. The molecule has 0 aliphatic carbocycles. The summed E-state index contributed by atoms with van der Waals surface area (Å²) in [4.78, 5) is 11.7. The van der Waals surface area contributed by atoms with Crippen LogP contribution < -0.4 is 5.32 Å². The Bertz CT molecular complexity index is 393. The standard InChI is InChI=1S/C13H18ClNO/c1-9-7-11(14)6-5-10(9)8-12(16)15-13(2,3)4/h5-7H,8H2,1-4H3,(H,15,16). The van der Waals surface area contributed by atoms with Gasteiger partial charge in [0.15, 0.2) is 0 Å². The van der Waals surface area contributed by atoms with Crippen molar-refractivity contribution in [2.24, 2.45) is 0 Å². The van der Waals surface area contributed by atoms with E-state index in [1.165, 1.54) is 0 Å². The molecule has 16 heavy (non-hydrogen) atoms. The summed E-state index contributed by atoms with van der Waals surface area (Å²) in [6, 6.07) is 5.59. The lowest BCUT2D eigenvalue weighted by molar-refractivity contribution is -0.121. The lowest BCUT2D eigenvalue weighted by Crippen LogP contribution is -2.41. The third-order valence-corrected chi connectivity index (χ3v) is 2.41. The lowest BCUT2D eigenvalue weighted by Gasteiger charge is -2.20. The van der Waals surface area contributed by atoms with Crippen LogP contribution in [-0.4, -0.2) is 11.4 Å². The molecule has 1 aromatic carbocycles. The van der Waals surface area contributed by atoms with Gasteiger partial charge >= 0.3 is 0 Å². The van der Waals surface area contributed by atoms with Gasteiger partial charge in [-0.2, -0.15) is 0 Å². The summed E-state index contributed by atoms with van der Waals surface area (Å²) in [5.41, 5.74) is 1.89. The molecule has 0 atom stereocenters. The minimum absolute atomic E-state index is 0.0397. The summed E-state index contributed by atoms with van der Waals surface area (Å²) in [6.07, 6.45) is 0.403. The largest absolute Gasteiger partial charge is 0.351 e. The zero-order valence-corrected chi connectivity index (χ0v) is 11.0. The Morgan fingerprint density at radius 3 is 2.50 bits per heavy atom. The Morgan fingerprint density at radius 2 is 2.00 bits per heavy atom. The van der Waals surface area contributed by atoms with Crippen LogP contribution in [0.4, 0.5) is 0 Å². The van der Waals surface area contributed by atoms with Gasteiger partial charge in [0.25, 0.3) is 0 Å². The van der Waals surface area contributed by atoms with E-state index in [4.69, 9.17) is 11.6 Å². The summed E-state index contributed by atoms with van der Waals surface area (Å²) in [6.45, 7) is 7.88. The highest BCUT2D eigenvalue weighted by atomic mass is 35.5. The molecule has 88 valence electrons. The minimum atomic E-state index is -0.183. The zero-order valence-electron chi connectivity index (χ0n) is 10.2. The molecule has 0 radical (unpaired) electrons. The molecule has 0 fully saturated rings. The Kier molecular flexibility index (Phi) is 3.98. The molecular formula is C13H18ClNO. The summed E-state index contributed by atoms with van der Waals surface area (Å²) >= 11 is 5.86. The van der Waals surface area contributed by atoms with Crippen molar-refractivity contribution in [1.82, 2.24) is 5.32 Å². The van der Waals surface area contributed by atoms with E-state index in [-0.39, 0.29) is 11.4 Å². The van der Waals surface area contributed by atoms with E-state index in [1.54, 1.807) is 0 Å². The second kappa shape index (κ2) is 4.88. The molecule has 2 nitrogen and oxygen atoms in total. The van der Waals surface area contributed by atoms with Gasteiger partial charge in [-0.1, -0.05) is 17.7 Å². The molecule has 0 aliphatic heterocycles. The maximum absolute atomic E-state index is 11.7. The molecule has 1 amide bonds. The Hall–Kier alpha value is -1.02. The quantitative estimate of drug-likeness (QED) is 0.844. The molecule has 0 saturated heterocycles. The van der Waals surface area contributed by atoms with Crippen molar-refractivity contribution in [2.45, 2.75) is 39.7 Å². The predicted octanol–water partition coefficient (Wildman–Crippen LogP) is 3.11. The molecule has 0 heterocycles. The second-order valence-corrected chi connectivity index (χ2v) is 5.48. The molecule has 0 aliphatic rings. The Balaban J connectivity index is 2.70. The molecule has 0 spiro atoms. The number of carbonyl (C=O) groups excluding carboxylic acids is 1. The number of hydrogen-bond donors (Lipinski definition) is 1. The lowest BCUT2D eigenvalue weighted by atomic mass is 10.0. The average molecular weight is 240 g/mol. The molecule has 3 heteroatoms. The summed E-state index contributed by atoms with van der Waals surface area (Å²) in [5, 5.41) is 3.64. The van der Waals surface area contributed by atoms with Gasteiger partial charge in [0.2, 0.25) is 5.91 Å². The second-order valence-electron chi connectivity index (χ2n) is 5.05. The highest BCUT2D eigenvalue weighted by Crippen LogP contribution is 2.15. The fraction of sp³-hybridized carbons (Fsp3) is 0.462. The van der Waals surface area contributed by atoms with E-state index in [0.717, 1.165) is 11.1 Å². The number of rotatable bonds is 2. The van der Waals surface area contributed by atoms with E-state index in [2.05, 4.69) is 5.32 Å². The average Bonchev–Trinajstić information content (AvgIpc) is 2.06. The highest BCUT2D eigenvalue weighted by Gasteiger charge is 2.14. The molecular weight excluding hydrogens is 222 g/mol. The van der Waals surface area contributed by atoms with Gasteiger partial charge in [-0.25, -0.2) is 0 Å². The number of aryl methyl sites for hydroxylation is 1. The topological polar surface area (TPSA) is 29.1 Å². The Labute approximate surface area is 102 Å². The van der Waals surface area contributed by atoms with Crippen LogP contribution in [0.1, 0.15) is 31.9 Å². The first-order chi connectivity index (χ1) is 7.28. The molecule has 0 saturated carbocycles. The van der Waals surface area contributed by atoms with Crippen molar-refractivity contribution in [1.29, 1.82) is 0 Å². The van der Waals surface area contributed by atoms with Crippen LogP contribution in [0.3, 0.4) is 0 Å². The maximum Gasteiger partial charge on any atom is 0.224 e. The van der Waals surface area contributed by atoms with Gasteiger partial charge in [-0.05, 0) is 51.0 Å². The molecule has 1 rings (SSSR count). The van der Waals surface area contributed by atoms with E-state index in [0.29, 0.717) is 11.4 Å². The third-order valence-electron chi connectivity index (χ3n) is 2.17. The van der Waals surface area contributed by atoms with Crippen molar-refractivity contribution in [3.05, 3.63) is 34.3 Å². The van der Waals surface area contributed by atoms with E-state index < -0.39 is 0 Å². The van der Waals surface area contributed by atoms with Gasteiger partial charge in [-0.3, -0.25) is 4.79 Å². The van der Waals surface area contributed by atoms with Crippen molar-refractivity contribution in [3.8, 4) is 0 Å². The summed E-state index contributed by atoms with van der Waals surface area (Å²) in [7, 11) is 0. The van der Waals surface area contributed by atoms with Gasteiger partial charge in [0.1, 0.15) is 0 Å². The number of hydrogen-bond acceptors (Lipinski definition) is 1. The first-order valence-corrected chi connectivity index (χ1v) is 5.72. The first-order valence-electron chi connectivity index (χ1n) is 5.34. The first kappa shape index (κ1) is 13.0. The fourth-order valence-corrected chi connectivity index (χ4v) is 1.72. The highest BCUT2D eigenvalue weighted by molar-refractivity contribution is 6.30. The Morgan fingerprint density at radius 1 is 1.38 bits per heavy atom. The van der Waals surface area contributed by atoms with E-state index in [1.807, 2.05) is 45.9 Å². The number of benzene rings is 1. The fourth-order valence-electron chi connectivity index (χ4n) is 1.49. The van der Waals surface area contributed by atoms with Crippen LogP contribution in [0.2, 0.25) is 5.02 Å². The number of nitrogens with one attached hydrogen (secondary N) is 1. The minimum Gasteiger partial charge on any atom is -0.351 e. The van der Waals surface area contributed by atoms with Crippen LogP contribution in [-0.2, 0) is 11.2 Å². The van der Waals surface area contributed by atoms with Crippen LogP contribution in [0.25, 0.3) is 0 Å². The van der Waals surface area contributed by atoms with Gasteiger partial charge in [-0.15, -0.1) is 0 Å². The van der Waals surface area contributed by atoms with Crippen molar-refractivity contribution >= 4 is 17.5 Å². The van der Waals surface area contributed by atoms with Crippen molar-refractivity contribution < 1.29 is 4.79 Å². The summed E-state index contributed by atoms with van der Waals surface area (Å²) < 4.78 is 0. The van der Waals surface area contributed by atoms with Crippen molar-refractivity contribution in [2.75, 3.05) is 0 Å². The number of carbonyl (C=O) groups is 1. The van der Waals surface area contributed by atoms with Crippen LogP contribution in [0.15, 0.2) is 18.2 Å². The van der Waals surface area contributed by atoms with Crippen LogP contribution >= 0.6 is 11.6 Å². The number of halogens is 1. The van der Waals surface area contributed by atoms with E-state index >= 15 is 0 Å². The van der Waals surface area contributed by atoms with Crippen LogP contribution in [0, 0.1) is 6.92 Å². The molecule has 0 bridgehead atoms. The van der Waals surface area contributed by atoms with Crippen LogP contribution in [0.5, 0.6) is 0 Å². The third kappa shape index (κ3) is 4.23. The van der Waals surface area contributed by atoms with E-state index in [9.17, 15) is 4.79 Å². The van der Waals surface area contributed by atoms with Gasteiger partial charge in [0, 0.05) is 10.6 Å². The normalized spacial score (nSPS) is 11.3. The maximum atomic E-state index is 11.7. The van der Waals surface area contributed by atoms with Gasteiger partial charge < -0.3 is 5.32 Å². The monoisotopic (exact) mass is 239 g/mol. The molecule has 1 N–H and O–H groups in total. The van der Waals surface area contributed by atoms with Crippen molar-refractivity contribution in [3.63, 3.8) is 0 Å². The smallest absolute Gasteiger partial charge is 0.224 e. The number of amides is 1. The predicted molar refractivity (Wildman–Crippen MR) is 67.8 cm³/mol.